The predicted molar refractivity (Wildman–Crippen MR) is 102 cm³/mol. The van der Waals surface area contributed by atoms with E-state index in [4.69, 9.17) is 4.98 Å². The predicted octanol–water partition coefficient (Wildman–Crippen LogP) is 6.48. The molecule has 1 heterocycles. The van der Waals surface area contributed by atoms with Crippen molar-refractivity contribution in [1.29, 1.82) is 0 Å². The van der Waals surface area contributed by atoms with Crippen LogP contribution in [0.15, 0.2) is 71.2 Å². The van der Waals surface area contributed by atoms with E-state index in [0.29, 0.717) is 0 Å². The fourth-order valence-electron chi connectivity index (χ4n) is 2.48. The van der Waals surface area contributed by atoms with Gasteiger partial charge in [0.25, 0.3) is 0 Å². The molecule has 0 N–H and O–H groups in total. The molecular formula is C21H20BrN. The van der Waals surface area contributed by atoms with E-state index < -0.39 is 0 Å². The third-order valence-electron chi connectivity index (χ3n) is 3.84. The van der Waals surface area contributed by atoms with Crippen LogP contribution in [0.2, 0.25) is 0 Å². The van der Waals surface area contributed by atoms with Gasteiger partial charge in [-0.25, -0.2) is 0 Å². The fourth-order valence-corrected chi connectivity index (χ4v) is 2.74. The summed E-state index contributed by atoms with van der Waals surface area (Å²) in [6.07, 6.45) is 0. The Morgan fingerprint density at radius 2 is 1.39 bits per heavy atom. The summed E-state index contributed by atoms with van der Waals surface area (Å²) in [6, 6.07) is 23.2. The smallest absolute Gasteiger partial charge is 0.0711 e. The van der Waals surface area contributed by atoms with Gasteiger partial charge in [-0.05, 0) is 35.4 Å². The molecule has 0 aliphatic heterocycles. The summed E-state index contributed by atoms with van der Waals surface area (Å²) < 4.78 is 1.08. The third kappa shape index (κ3) is 3.70. The second kappa shape index (κ2) is 6.29. The van der Waals surface area contributed by atoms with Gasteiger partial charge < -0.3 is 0 Å². The number of benzene rings is 2. The highest BCUT2D eigenvalue weighted by molar-refractivity contribution is 9.10. The first-order valence-electron chi connectivity index (χ1n) is 7.77. The molecule has 2 heteroatoms. The molecule has 1 nitrogen and oxygen atoms in total. The molecule has 0 aliphatic rings. The van der Waals surface area contributed by atoms with Crippen LogP contribution in [0.25, 0.3) is 22.4 Å². The molecule has 3 aromatic rings. The Morgan fingerprint density at radius 3 is 2.00 bits per heavy atom. The number of pyridine rings is 1. The zero-order chi connectivity index (χ0) is 16.4. The van der Waals surface area contributed by atoms with Gasteiger partial charge in [0.1, 0.15) is 0 Å². The first kappa shape index (κ1) is 15.9. The molecule has 3 rings (SSSR count). The van der Waals surface area contributed by atoms with E-state index in [-0.39, 0.29) is 5.41 Å². The number of aromatic nitrogens is 1. The van der Waals surface area contributed by atoms with Crippen LogP contribution >= 0.6 is 15.9 Å². The van der Waals surface area contributed by atoms with Crippen LogP contribution in [0.1, 0.15) is 26.5 Å². The molecule has 0 amide bonds. The molecule has 0 saturated carbocycles. The lowest BCUT2D eigenvalue weighted by molar-refractivity contribution is 0.570. The lowest BCUT2D eigenvalue weighted by Crippen LogP contribution is -2.14. The monoisotopic (exact) mass is 365 g/mol. The van der Waals surface area contributed by atoms with Crippen LogP contribution in [-0.4, -0.2) is 4.98 Å². The second-order valence-electron chi connectivity index (χ2n) is 6.75. The Hall–Kier alpha value is -1.93. The largest absolute Gasteiger partial charge is 0.252 e. The van der Waals surface area contributed by atoms with Crippen LogP contribution in [-0.2, 0) is 5.41 Å². The van der Waals surface area contributed by atoms with Gasteiger partial charge in [-0.15, -0.1) is 0 Å². The number of rotatable bonds is 2. The fraction of sp³-hybridized carbons (Fsp3) is 0.190. The molecule has 0 atom stereocenters. The maximum absolute atomic E-state index is 4.91. The van der Waals surface area contributed by atoms with Gasteiger partial charge in [0.05, 0.1) is 5.69 Å². The first-order valence-corrected chi connectivity index (χ1v) is 8.57. The summed E-state index contributed by atoms with van der Waals surface area (Å²) in [5, 5.41) is 0. The average molecular weight is 366 g/mol. The molecule has 0 fully saturated rings. The van der Waals surface area contributed by atoms with E-state index in [2.05, 4.69) is 97.4 Å². The Balaban J connectivity index is 2.18. The molecule has 1 aromatic heterocycles. The molecule has 0 aliphatic carbocycles. The van der Waals surface area contributed by atoms with Crippen LogP contribution in [0.5, 0.6) is 0 Å². The average Bonchev–Trinajstić information content (AvgIpc) is 2.55. The van der Waals surface area contributed by atoms with Crippen molar-refractivity contribution in [2.24, 2.45) is 0 Å². The standard InChI is InChI=1S/C21H20BrN/c1-21(2,3)20-14-17(15-7-5-4-6-8-15)13-19(23-20)16-9-11-18(22)12-10-16/h4-14H,1-3H3. The summed E-state index contributed by atoms with van der Waals surface area (Å²) in [5.74, 6) is 0. The lowest BCUT2D eigenvalue weighted by Gasteiger charge is -2.20. The van der Waals surface area contributed by atoms with Crippen molar-refractivity contribution in [3.63, 3.8) is 0 Å². The molecule has 0 radical (unpaired) electrons. The number of hydrogen-bond acceptors (Lipinski definition) is 1. The number of hydrogen-bond donors (Lipinski definition) is 0. The van der Waals surface area contributed by atoms with Gasteiger partial charge in [-0.3, -0.25) is 4.98 Å². The minimum absolute atomic E-state index is 0.00883. The van der Waals surface area contributed by atoms with Crippen molar-refractivity contribution < 1.29 is 0 Å². The summed E-state index contributed by atoms with van der Waals surface area (Å²) in [6.45, 7) is 6.61. The highest BCUT2D eigenvalue weighted by Gasteiger charge is 2.18. The normalized spacial score (nSPS) is 11.5. The SMILES string of the molecule is CC(C)(C)c1cc(-c2ccccc2)cc(-c2ccc(Br)cc2)n1. The molecule has 0 saturated heterocycles. The van der Waals surface area contributed by atoms with E-state index in [1.165, 1.54) is 11.1 Å². The molecule has 23 heavy (non-hydrogen) atoms. The van der Waals surface area contributed by atoms with Crippen LogP contribution in [0.3, 0.4) is 0 Å². The maximum atomic E-state index is 4.91. The van der Waals surface area contributed by atoms with Crippen LogP contribution in [0, 0.1) is 0 Å². The quantitative estimate of drug-likeness (QED) is 0.506. The van der Waals surface area contributed by atoms with Gasteiger partial charge in [0.2, 0.25) is 0 Å². The summed E-state index contributed by atoms with van der Waals surface area (Å²) in [5.41, 5.74) is 5.70. The highest BCUT2D eigenvalue weighted by atomic mass is 79.9. The van der Waals surface area contributed by atoms with Crippen molar-refractivity contribution in [3.8, 4) is 22.4 Å². The van der Waals surface area contributed by atoms with Gasteiger partial charge in [-0.1, -0.05) is 79.2 Å². The Morgan fingerprint density at radius 1 is 0.739 bits per heavy atom. The maximum Gasteiger partial charge on any atom is 0.0711 e. The van der Waals surface area contributed by atoms with E-state index in [1.807, 2.05) is 6.07 Å². The molecule has 2 aromatic carbocycles. The molecular weight excluding hydrogens is 346 g/mol. The second-order valence-corrected chi connectivity index (χ2v) is 7.66. The van der Waals surface area contributed by atoms with Crippen molar-refractivity contribution in [3.05, 3.63) is 76.9 Å². The van der Waals surface area contributed by atoms with E-state index in [0.717, 1.165) is 21.4 Å². The van der Waals surface area contributed by atoms with Crippen molar-refractivity contribution in [2.75, 3.05) is 0 Å². The zero-order valence-electron chi connectivity index (χ0n) is 13.7. The zero-order valence-corrected chi connectivity index (χ0v) is 15.3. The summed E-state index contributed by atoms with van der Waals surface area (Å²) >= 11 is 3.49. The topological polar surface area (TPSA) is 12.9 Å². The van der Waals surface area contributed by atoms with E-state index >= 15 is 0 Å². The van der Waals surface area contributed by atoms with Crippen molar-refractivity contribution >= 4 is 15.9 Å². The lowest BCUT2D eigenvalue weighted by atomic mass is 9.89. The Kier molecular flexibility index (Phi) is 4.36. The van der Waals surface area contributed by atoms with Crippen LogP contribution in [0.4, 0.5) is 0 Å². The molecule has 0 spiro atoms. The van der Waals surface area contributed by atoms with Gasteiger partial charge in [0.15, 0.2) is 0 Å². The Labute approximate surface area is 146 Å². The summed E-state index contributed by atoms with van der Waals surface area (Å²) in [4.78, 5) is 4.91. The van der Waals surface area contributed by atoms with Crippen LogP contribution < -0.4 is 0 Å². The molecule has 0 unspecified atom stereocenters. The van der Waals surface area contributed by atoms with Gasteiger partial charge in [0, 0.05) is 21.1 Å². The molecule has 0 bridgehead atoms. The minimum atomic E-state index is 0.00883. The van der Waals surface area contributed by atoms with Gasteiger partial charge >= 0.3 is 0 Å². The number of halogens is 1. The first-order chi connectivity index (χ1) is 10.9. The number of nitrogens with zero attached hydrogens (tertiary/aromatic N) is 1. The highest BCUT2D eigenvalue weighted by Crippen LogP contribution is 2.31. The third-order valence-corrected chi connectivity index (χ3v) is 4.37. The Bertz CT molecular complexity index is 799. The van der Waals surface area contributed by atoms with E-state index in [1.54, 1.807) is 0 Å². The minimum Gasteiger partial charge on any atom is -0.252 e. The van der Waals surface area contributed by atoms with Crippen molar-refractivity contribution in [2.45, 2.75) is 26.2 Å². The van der Waals surface area contributed by atoms with Crippen molar-refractivity contribution in [1.82, 2.24) is 4.98 Å². The van der Waals surface area contributed by atoms with Gasteiger partial charge in [-0.2, -0.15) is 0 Å². The summed E-state index contributed by atoms with van der Waals surface area (Å²) in [7, 11) is 0. The van der Waals surface area contributed by atoms with E-state index in [9.17, 15) is 0 Å². The molecule has 116 valence electrons.